The maximum Gasteiger partial charge on any atom is 0.352 e. The van der Waals surface area contributed by atoms with Crippen LogP contribution in [0.2, 0.25) is 0 Å². The van der Waals surface area contributed by atoms with Crippen LogP contribution in [0.15, 0.2) is 182 Å². The second-order valence-electron chi connectivity index (χ2n) is 14.2. The van der Waals surface area contributed by atoms with E-state index in [0.717, 1.165) is 0 Å². The van der Waals surface area contributed by atoms with E-state index in [-0.39, 0.29) is 22.6 Å². The molecule has 0 N–H and O–H groups in total. The summed E-state index contributed by atoms with van der Waals surface area (Å²) in [5.41, 5.74) is -0.452. The van der Waals surface area contributed by atoms with Crippen LogP contribution in [0.1, 0.15) is 34.6 Å². The highest BCUT2D eigenvalue weighted by molar-refractivity contribution is 14.1. The van der Waals surface area contributed by atoms with Crippen LogP contribution in [-0.4, -0.2) is 36.1 Å². The van der Waals surface area contributed by atoms with Gasteiger partial charge in [-0.3, -0.25) is 0 Å². The van der Waals surface area contributed by atoms with E-state index in [2.05, 4.69) is 0 Å². The minimum atomic E-state index is -3.42. The van der Waals surface area contributed by atoms with Crippen molar-refractivity contribution >= 4 is 115 Å². The van der Waals surface area contributed by atoms with Crippen molar-refractivity contribution in [1.82, 2.24) is 0 Å². The monoisotopic (exact) mass is 1110 g/mol. The molecule has 7 rings (SSSR count). The van der Waals surface area contributed by atoms with Gasteiger partial charge in [-0.25, -0.2) is 19.2 Å². The van der Waals surface area contributed by atoms with Gasteiger partial charge >= 0.3 is 23.9 Å². The lowest BCUT2D eigenvalue weighted by Crippen LogP contribution is -2.32. The first kappa shape index (κ1) is 46.3. The molecule has 0 aliphatic heterocycles. The quantitative estimate of drug-likeness (QED) is 0.0451. The number of hydrogen-bond donors (Lipinski definition) is 0. The summed E-state index contributed by atoms with van der Waals surface area (Å²) in [4.78, 5) is 53.9. The third kappa shape index (κ3) is 9.70. The molecule has 0 amide bonds. The Morgan fingerprint density at radius 2 is 0.688 bits per heavy atom. The van der Waals surface area contributed by atoms with Gasteiger partial charge in [-0.1, -0.05) is 146 Å². The van der Waals surface area contributed by atoms with Crippen LogP contribution in [-0.2, 0) is 28.2 Å². The standard InChI is InChI=1S/C50H38I2O10P2/c1-33(47(53)61-41-29-17-31-43(45(41)51)63(57,35-19-7-3-8-20-35)36-21-9-4-10-22-36)59-49(55)39-27-15-16-28-40(39)50(56)60-34(2)48(54)62-42-30-18-32-44(46(42)52)64(58,37-23-11-5-12-24-37)38-25-13-6-14-26-38/h3-34H,1-2H3/t33-,34-/m0/s1. The van der Waals surface area contributed by atoms with Gasteiger partial charge in [-0.2, -0.15) is 0 Å². The van der Waals surface area contributed by atoms with Crippen molar-refractivity contribution in [3.8, 4) is 11.5 Å². The summed E-state index contributed by atoms with van der Waals surface area (Å²) in [6.07, 6.45) is -2.89. The number of carbonyl (C=O) groups excluding carboxylic acids is 4. The molecule has 0 radical (unpaired) electrons. The van der Waals surface area contributed by atoms with Gasteiger partial charge in [0.1, 0.15) is 11.5 Å². The lowest BCUT2D eigenvalue weighted by atomic mass is 10.1. The van der Waals surface area contributed by atoms with Crippen molar-refractivity contribution in [2.45, 2.75) is 26.1 Å². The van der Waals surface area contributed by atoms with Gasteiger partial charge in [0, 0.05) is 31.8 Å². The van der Waals surface area contributed by atoms with E-state index in [0.29, 0.717) is 39.0 Å². The maximum atomic E-state index is 15.0. The first-order valence-electron chi connectivity index (χ1n) is 19.8. The molecule has 10 nitrogen and oxygen atoms in total. The van der Waals surface area contributed by atoms with Crippen molar-refractivity contribution in [1.29, 1.82) is 0 Å². The van der Waals surface area contributed by atoms with E-state index < -0.39 is 50.4 Å². The van der Waals surface area contributed by atoms with E-state index >= 15 is 9.13 Å². The molecular formula is C50H38I2O10P2. The Balaban J connectivity index is 1.04. The number of ether oxygens (including phenoxy) is 4. The maximum absolute atomic E-state index is 15.0. The lowest BCUT2D eigenvalue weighted by Gasteiger charge is -2.22. The number of esters is 4. The van der Waals surface area contributed by atoms with Crippen molar-refractivity contribution in [2.24, 2.45) is 0 Å². The summed E-state index contributed by atoms with van der Waals surface area (Å²) in [7, 11) is -6.84. The molecule has 322 valence electrons. The Hall–Kier alpha value is -5.66. The van der Waals surface area contributed by atoms with Crippen LogP contribution in [0.25, 0.3) is 0 Å². The predicted molar refractivity (Wildman–Crippen MR) is 265 cm³/mol. The number of benzene rings is 7. The number of carbonyl (C=O) groups is 4. The highest BCUT2D eigenvalue weighted by Crippen LogP contribution is 2.46. The third-order valence-corrected chi connectivity index (χ3v) is 19.3. The van der Waals surface area contributed by atoms with Gasteiger partial charge in [0.2, 0.25) is 0 Å². The van der Waals surface area contributed by atoms with Crippen LogP contribution in [0.3, 0.4) is 0 Å². The molecule has 0 spiro atoms. The molecule has 0 aliphatic rings. The van der Waals surface area contributed by atoms with Gasteiger partial charge in [0.25, 0.3) is 0 Å². The summed E-state index contributed by atoms with van der Waals surface area (Å²) in [5, 5.41) is 3.33. The van der Waals surface area contributed by atoms with Crippen molar-refractivity contribution in [2.75, 3.05) is 0 Å². The van der Waals surface area contributed by atoms with E-state index in [9.17, 15) is 19.2 Å². The topological polar surface area (TPSA) is 139 Å². The molecule has 0 fully saturated rings. The Bertz CT molecular complexity index is 2650. The zero-order chi connectivity index (χ0) is 45.4. The molecule has 7 aromatic carbocycles. The van der Waals surface area contributed by atoms with Gasteiger partial charge in [0.15, 0.2) is 26.5 Å². The molecule has 0 bridgehead atoms. The Morgan fingerprint density at radius 1 is 0.406 bits per heavy atom. The first-order valence-corrected chi connectivity index (χ1v) is 25.4. The average Bonchev–Trinajstić information content (AvgIpc) is 3.33. The molecule has 0 saturated carbocycles. The second kappa shape index (κ2) is 20.5. The van der Waals surface area contributed by atoms with E-state index in [1.54, 1.807) is 84.9 Å². The SMILES string of the molecule is C[C@H](OC(=O)c1ccccc1C(=O)O[C@@H](C)C(=O)Oc1cccc(P(=O)(c2ccccc2)c2ccccc2)c1I)C(=O)Oc1cccc(P(=O)(c2ccccc2)c2ccccc2)c1I. The molecule has 0 aromatic heterocycles. The summed E-state index contributed by atoms with van der Waals surface area (Å²) in [5.74, 6) is -3.66. The van der Waals surface area contributed by atoms with Gasteiger partial charge in [0.05, 0.1) is 18.3 Å². The van der Waals surface area contributed by atoms with E-state index in [1.165, 1.54) is 38.1 Å². The van der Waals surface area contributed by atoms with Crippen molar-refractivity contribution < 1.29 is 47.3 Å². The lowest BCUT2D eigenvalue weighted by molar-refractivity contribution is -0.144. The Morgan fingerprint density at radius 3 is 0.984 bits per heavy atom. The number of rotatable bonds is 14. The van der Waals surface area contributed by atoms with Crippen LogP contribution in [0.5, 0.6) is 11.5 Å². The molecule has 14 heteroatoms. The molecule has 0 saturated heterocycles. The molecule has 2 atom stereocenters. The van der Waals surface area contributed by atoms with Crippen LogP contribution < -0.4 is 41.3 Å². The third-order valence-electron chi connectivity index (χ3n) is 10.1. The van der Waals surface area contributed by atoms with Gasteiger partial charge < -0.3 is 28.1 Å². The highest BCUT2D eigenvalue weighted by atomic mass is 127. The fourth-order valence-corrected chi connectivity index (χ4v) is 15.2. The number of hydrogen-bond acceptors (Lipinski definition) is 10. The fourth-order valence-electron chi connectivity index (χ4n) is 6.81. The summed E-state index contributed by atoms with van der Waals surface area (Å²) < 4.78 is 53.4. The Labute approximate surface area is 397 Å². The van der Waals surface area contributed by atoms with E-state index in [4.69, 9.17) is 18.9 Å². The van der Waals surface area contributed by atoms with Crippen LogP contribution in [0.4, 0.5) is 0 Å². The van der Waals surface area contributed by atoms with Crippen LogP contribution >= 0.6 is 59.5 Å². The smallest absolute Gasteiger partial charge is 0.352 e. The molecule has 64 heavy (non-hydrogen) atoms. The average molecular weight is 1110 g/mol. The first-order chi connectivity index (χ1) is 30.8. The van der Waals surface area contributed by atoms with Crippen molar-refractivity contribution in [3.05, 3.63) is 200 Å². The molecule has 0 aliphatic carbocycles. The van der Waals surface area contributed by atoms with Gasteiger partial charge in [-0.15, -0.1) is 0 Å². The summed E-state index contributed by atoms with van der Waals surface area (Å²) in [6.45, 7) is 2.65. The second-order valence-corrected chi connectivity index (χ2v) is 21.8. The zero-order valence-corrected chi connectivity index (χ0v) is 40.3. The summed E-state index contributed by atoms with van der Waals surface area (Å²) >= 11 is 4.00. The molecule has 7 aromatic rings. The molecule has 0 unspecified atom stereocenters. The molecular weight excluding hydrogens is 1080 g/mol. The van der Waals surface area contributed by atoms with Crippen LogP contribution in [0, 0.1) is 7.14 Å². The highest BCUT2D eigenvalue weighted by Gasteiger charge is 2.35. The van der Waals surface area contributed by atoms with Gasteiger partial charge in [-0.05, 0) is 95.4 Å². The fraction of sp³-hybridized carbons (Fsp3) is 0.0800. The van der Waals surface area contributed by atoms with E-state index in [1.807, 2.05) is 118 Å². The number of halogens is 2. The Kier molecular flexibility index (Phi) is 14.8. The summed E-state index contributed by atoms with van der Waals surface area (Å²) in [6, 6.07) is 51.7. The predicted octanol–water partition coefficient (Wildman–Crippen LogP) is 8.48. The largest absolute Gasteiger partial charge is 0.447 e. The van der Waals surface area contributed by atoms with Crippen molar-refractivity contribution in [3.63, 3.8) is 0 Å². The zero-order valence-electron chi connectivity index (χ0n) is 34.2. The molecule has 0 heterocycles. The minimum absolute atomic E-state index is 0.116. The normalized spacial score (nSPS) is 12.3. The minimum Gasteiger partial charge on any atom is -0.447 e.